The van der Waals surface area contributed by atoms with Gasteiger partial charge in [0.15, 0.2) is 0 Å². The van der Waals surface area contributed by atoms with Crippen molar-refractivity contribution in [2.45, 2.75) is 31.4 Å². The number of carbonyl (C=O) groups is 1. The van der Waals surface area contributed by atoms with E-state index in [4.69, 9.17) is 0 Å². The fraction of sp³-hybridized carbons (Fsp3) is 0.393. The highest BCUT2D eigenvalue weighted by Crippen LogP contribution is 2.47. The Bertz CT molecular complexity index is 1210. The molecule has 2 aliphatic rings. The number of carbonyl (C=O) groups excluding carboxylic acids is 1. The molecule has 4 atom stereocenters. The van der Waals surface area contributed by atoms with Crippen LogP contribution in [0.2, 0.25) is 0 Å². The van der Waals surface area contributed by atoms with Crippen LogP contribution in [0.4, 0.5) is 14.7 Å². The molecule has 2 saturated heterocycles. The van der Waals surface area contributed by atoms with Gasteiger partial charge in [0.2, 0.25) is 5.95 Å². The fourth-order valence-corrected chi connectivity index (χ4v) is 6.60. The van der Waals surface area contributed by atoms with E-state index in [0.717, 1.165) is 18.0 Å². The predicted octanol–water partition coefficient (Wildman–Crippen LogP) is 3.87. The number of halogens is 2. The van der Waals surface area contributed by atoms with Gasteiger partial charge in [0.1, 0.15) is 23.3 Å². The molecular weight excluding hydrogens is 462 g/mol. The Hall–Kier alpha value is -3.23. The lowest BCUT2D eigenvalue weighted by Gasteiger charge is -2.53. The second-order valence-corrected chi connectivity index (χ2v) is 10.4. The monoisotopic (exact) mass is 493 g/mol. The van der Waals surface area contributed by atoms with Gasteiger partial charge < -0.3 is 10.0 Å². The van der Waals surface area contributed by atoms with Crippen LogP contribution in [0, 0.1) is 23.5 Å². The number of rotatable bonds is 5. The van der Waals surface area contributed by atoms with Gasteiger partial charge in [-0.15, -0.1) is 0 Å². The van der Waals surface area contributed by atoms with Gasteiger partial charge in [-0.25, -0.2) is 23.5 Å². The quantitative estimate of drug-likeness (QED) is 0.432. The Labute approximate surface area is 209 Å². The first-order valence-electron chi connectivity index (χ1n) is 12.4. The first-order valence-corrected chi connectivity index (χ1v) is 12.4. The molecule has 1 amide bonds. The lowest BCUT2D eigenvalue weighted by Crippen LogP contribution is -2.68. The third-order valence-electron chi connectivity index (χ3n) is 8.32. The number of benzene rings is 2. The van der Waals surface area contributed by atoms with E-state index in [1.165, 1.54) is 12.1 Å². The largest absolute Gasteiger partial charge is 0.384 e. The molecule has 2 aliphatic heterocycles. The van der Waals surface area contributed by atoms with Crippen LogP contribution in [0.1, 0.15) is 30.9 Å². The molecule has 0 radical (unpaired) electrons. The highest BCUT2D eigenvalue weighted by molar-refractivity contribution is 5.43. The van der Waals surface area contributed by atoms with Crippen molar-refractivity contribution in [3.63, 3.8) is 0 Å². The van der Waals surface area contributed by atoms with E-state index in [9.17, 15) is 14.3 Å². The summed E-state index contributed by atoms with van der Waals surface area (Å²) in [6.45, 7) is 5.57. The molecule has 2 fully saturated rings. The summed E-state index contributed by atoms with van der Waals surface area (Å²) in [5.41, 5.74) is 0.118. The topological polar surface area (TPSA) is 66.3 Å². The summed E-state index contributed by atoms with van der Waals surface area (Å²) in [6, 6.07) is 14.6. The molecule has 1 N–H and O–H groups in total. The van der Waals surface area contributed by atoms with Crippen LogP contribution in [-0.4, -0.2) is 58.2 Å². The van der Waals surface area contributed by atoms with E-state index in [0.29, 0.717) is 37.7 Å². The van der Waals surface area contributed by atoms with Crippen molar-refractivity contribution in [2.75, 3.05) is 31.1 Å². The summed E-state index contributed by atoms with van der Waals surface area (Å²) in [5.74, 6) is -1.62. The predicted molar refractivity (Wildman–Crippen MR) is 132 cm³/mol. The first-order chi connectivity index (χ1) is 17.3. The summed E-state index contributed by atoms with van der Waals surface area (Å²) in [6.07, 6.45) is 4.27. The Morgan fingerprint density at radius 1 is 1.00 bits per heavy atom. The summed E-state index contributed by atoms with van der Waals surface area (Å²) in [5, 5.41) is 11.9. The number of aliphatic hydroxyl groups is 1. The van der Waals surface area contributed by atoms with Crippen LogP contribution in [-0.2, 0) is 10.4 Å². The molecule has 1 aromatic heterocycles. The molecular formula is C28H31F2N4O2+. The third-order valence-corrected chi connectivity index (χ3v) is 8.32. The van der Waals surface area contributed by atoms with Crippen LogP contribution >= 0.6 is 0 Å². The van der Waals surface area contributed by atoms with Crippen molar-refractivity contribution in [3.05, 3.63) is 89.8 Å². The number of piperidine rings is 1. The van der Waals surface area contributed by atoms with Gasteiger partial charge in [-0.2, -0.15) is 0 Å². The van der Waals surface area contributed by atoms with E-state index >= 15 is 4.39 Å². The maximum absolute atomic E-state index is 15.1. The number of aromatic nitrogens is 2. The minimum Gasteiger partial charge on any atom is -0.384 e. The molecule has 0 bridgehead atoms. The second kappa shape index (κ2) is 9.33. The number of anilines is 1. The molecule has 0 spiro atoms. The van der Waals surface area contributed by atoms with Crippen LogP contribution in [0.15, 0.2) is 67.0 Å². The molecule has 3 aromatic rings. The average molecular weight is 494 g/mol. The average Bonchev–Trinajstić information content (AvgIpc) is 3.34. The summed E-state index contributed by atoms with van der Waals surface area (Å²) in [7, 11) is 0. The Kier molecular flexibility index (Phi) is 6.34. The highest BCUT2D eigenvalue weighted by atomic mass is 19.1. The van der Waals surface area contributed by atoms with Gasteiger partial charge in [-0.3, -0.25) is 4.48 Å². The number of quaternary nitrogens is 1. The van der Waals surface area contributed by atoms with E-state index in [1.807, 2.05) is 49.1 Å². The SMILES string of the molecule is C[C@H]1C[N+](C=O)([C@H]2CN(c3ncccn3)CC2c2ccc(F)cc2F)C[C@H](C)C1(O)c1ccccc1. The minimum absolute atomic E-state index is 0.0717. The van der Waals surface area contributed by atoms with Gasteiger partial charge in [-0.05, 0) is 23.3 Å². The lowest BCUT2D eigenvalue weighted by molar-refractivity contribution is -0.886. The van der Waals surface area contributed by atoms with Crippen LogP contribution in [0.5, 0.6) is 0 Å². The molecule has 0 aliphatic carbocycles. The van der Waals surface area contributed by atoms with Gasteiger partial charge >= 0.3 is 6.41 Å². The zero-order chi connectivity index (χ0) is 25.5. The van der Waals surface area contributed by atoms with Crippen LogP contribution in [0.25, 0.3) is 0 Å². The van der Waals surface area contributed by atoms with Crippen molar-refractivity contribution in [3.8, 4) is 0 Å². The molecule has 188 valence electrons. The van der Waals surface area contributed by atoms with Gasteiger partial charge in [-0.1, -0.05) is 50.2 Å². The van der Waals surface area contributed by atoms with Crippen molar-refractivity contribution < 1.29 is 23.2 Å². The molecule has 5 rings (SSSR count). The number of hydrogen-bond donors (Lipinski definition) is 1. The molecule has 36 heavy (non-hydrogen) atoms. The Morgan fingerprint density at radius 3 is 2.28 bits per heavy atom. The van der Waals surface area contributed by atoms with E-state index in [1.54, 1.807) is 18.5 Å². The zero-order valence-corrected chi connectivity index (χ0v) is 20.5. The standard InChI is InChI=1S/C28H31F2N4O2/c1-19-16-34(18-35,17-20(2)28(19,36)21-7-4-3-5-8-21)26-15-33(27-31-11-6-12-32-27)14-24(26)23-10-9-22(29)13-25(23)30/h3-13,18-20,24,26,36H,14-17H2,1-2H3/q+1/t19-,20-,24?,26-,28?,34?/m0/s1. The Morgan fingerprint density at radius 2 is 1.67 bits per heavy atom. The summed E-state index contributed by atoms with van der Waals surface area (Å²) < 4.78 is 28.9. The maximum atomic E-state index is 15.1. The molecule has 0 saturated carbocycles. The zero-order valence-electron chi connectivity index (χ0n) is 20.5. The lowest BCUT2D eigenvalue weighted by atomic mass is 9.69. The molecule has 1 unspecified atom stereocenters. The van der Waals surface area contributed by atoms with Gasteiger partial charge in [0.25, 0.3) is 0 Å². The fourth-order valence-electron chi connectivity index (χ4n) is 6.60. The van der Waals surface area contributed by atoms with Crippen molar-refractivity contribution in [1.82, 2.24) is 9.97 Å². The van der Waals surface area contributed by atoms with Crippen molar-refractivity contribution in [2.24, 2.45) is 11.8 Å². The Balaban J connectivity index is 1.55. The van der Waals surface area contributed by atoms with E-state index < -0.39 is 17.2 Å². The molecule has 6 nitrogen and oxygen atoms in total. The minimum atomic E-state index is -1.09. The number of nitrogens with zero attached hydrogens (tertiary/aromatic N) is 4. The number of hydrogen-bond acceptors (Lipinski definition) is 5. The second-order valence-electron chi connectivity index (χ2n) is 10.4. The molecule has 3 heterocycles. The van der Waals surface area contributed by atoms with Crippen LogP contribution in [0.3, 0.4) is 0 Å². The first kappa shape index (κ1) is 24.5. The van der Waals surface area contributed by atoms with E-state index in [-0.39, 0.29) is 28.3 Å². The van der Waals surface area contributed by atoms with Crippen molar-refractivity contribution >= 4 is 12.4 Å². The number of likely N-dealkylation sites (tertiary alicyclic amines) is 1. The van der Waals surface area contributed by atoms with Crippen LogP contribution < -0.4 is 4.90 Å². The third kappa shape index (κ3) is 3.98. The van der Waals surface area contributed by atoms with Gasteiger partial charge in [0.05, 0.1) is 25.6 Å². The highest BCUT2D eigenvalue weighted by Gasteiger charge is 2.58. The summed E-state index contributed by atoms with van der Waals surface area (Å²) >= 11 is 0. The molecule has 2 aromatic carbocycles. The maximum Gasteiger partial charge on any atom is 0.301 e. The molecule has 8 heteroatoms. The van der Waals surface area contributed by atoms with Crippen molar-refractivity contribution in [1.29, 1.82) is 0 Å². The smallest absolute Gasteiger partial charge is 0.301 e. The van der Waals surface area contributed by atoms with E-state index in [2.05, 4.69) is 9.97 Å². The summed E-state index contributed by atoms with van der Waals surface area (Å²) in [4.78, 5) is 23.7. The van der Waals surface area contributed by atoms with Gasteiger partial charge in [0, 0.05) is 36.8 Å². The normalized spacial score (nSPS) is 32.4. The number of amides is 1.